The van der Waals surface area contributed by atoms with E-state index < -0.39 is 5.91 Å². The van der Waals surface area contributed by atoms with Crippen molar-refractivity contribution in [2.45, 2.75) is 32.2 Å². The van der Waals surface area contributed by atoms with Crippen molar-refractivity contribution < 1.29 is 19.2 Å². The first-order chi connectivity index (χ1) is 13.4. The first-order valence-electron chi connectivity index (χ1n) is 9.66. The summed E-state index contributed by atoms with van der Waals surface area (Å²) in [5.74, 6) is -0.564. The molecule has 1 aliphatic carbocycles. The number of nitrogens with zero attached hydrogens (tertiary/aromatic N) is 1. The van der Waals surface area contributed by atoms with E-state index in [1.807, 2.05) is 4.90 Å². The molecule has 0 unspecified atom stereocenters. The predicted octanol–water partition coefficient (Wildman–Crippen LogP) is 0.167. The smallest absolute Gasteiger partial charge is 0.251 e. The molecular weight excluding hydrogens is 360 g/mol. The quantitative estimate of drug-likeness (QED) is 0.618. The van der Waals surface area contributed by atoms with Crippen LogP contribution in [0.5, 0.6) is 0 Å². The Morgan fingerprint density at radius 1 is 0.929 bits per heavy atom. The highest BCUT2D eigenvalue weighted by Gasteiger charge is 2.35. The van der Waals surface area contributed by atoms with Crippen LogP contribution < -0.4 is 16.4 Å². The monoisotopic (exact) mass is 386 g/mol. The van der Waals surface area contributed by atoms with Crippen molar-refractivity contribution in [1.29, 1.82) is 0 Å². The van der Waals surface area contributed by atoms with Crippen LogP contribution in [0, 0.1) is 11.8 Å². The molecule has 0 aromatic heterocycles. The number of carbonyl (C=O) groups excluding carboxylic acids is 4. The molecule has 1 aliphatic heterocycles. The molecule has 8 nitrogen and oxygen atoms in total. The van der Waals surface area contributed by atoms with Gasteiger partial charge in [-0.2, -0.15) is 0 Å². The highest BCUT2D eigenvalue weighted by Crippen LogP contribution is 2.32. The summed E-state index contributed by atoms with van der Waals surface area (Å²) in [4.78, 5) is 48.9. The van der Waals surface area contributed by atoms with Gasteiger partial charge in [0.2, 0.25) is 17.7 Å². The lowest BCUT2D eigenvalue weighted by Crippen LogP contribution is -2.43. The van der Waals surface area contributed by atoms with E-state index >= 15 is 0 Å². The summed E-state index contributed by atoms with van der Waals surface area (Å²) >= 11 is 0. The Morgan fingerprint density at radius 3 is 2.14 bits per heavy atom. The van der Waals surface area contributed by atoms with Gasteiger partial charge in [0.05, 0.1) is 6.54 Å². The van der Waals surface area contributed by atoms with Crippen LogP contribution in [0.4, 0.5) is 0 Å². The number of nitrogens with one attached hydrogen (secondary N) is 2. The number of hydrogen-bond acceptors (Lipinski definition) is 4. The maximum absolute atomic E-state index is 12.4. The third kappa shape index (κ3) is 5.31. The second-order valence-corrected chi connectivity index (χ2v) is 7.44. The van der Waals surface area contributed by atoms with Crippen LogP contribution in [-0.4, -0.2) is 48.2 Å². The molecule has 1 aromatic carbocycles. The van der Waals surface area contributed by atoms with Gasteiger partial charge in [0.15, 0.2) is 0 Å². The van der Waals surface area contributed by atoms with Gasteiger partial charge in [0.25, 0.3) is 5.91 Å². The number of primary amides is 1. The van der Waals surface area contributed by atoms with Crippen molar-refractivity contribution in [3.8, 4) is 0 Å². The molecule has 0 radical (unpaired) electrons. The second kappa shape index (κ2) is 8.86. The van der Waals surface area contributed by atoms with Gasteiger partial charge in [0.1, 0.15) is 0 Å². The van der Waals surface area contributed by atoms with Gasteiger partial charge >= 0.3 is 0 Å². The maximum atomic E-state index is 12.4. The van der Waals surface area contributed by atoms with E-state index in [9.17, 15) is 19.2 Å². The average molecular weight is 386 g/mol. The van der Waals surface area contributed by atoms with Crippen molar-refractivity contribution >= 4 is 23.6 Å². The topological polar surface area (TPSA) is 122 Å². The molecule has 2 aliphatic rings. The van der Waals surface area contributed by atoms with E-state index in [0.29, 0.717) is 38.0 Å². The fraction of sp³-hybridized carbons (Fsp3) is 0.500. The molecule has 1 heterocycles. The third-order valence-electron chi connectivity index (χ3n) is 5.21. The number of rotatable bonds is 7. The predicted molar refractivity (Wildman–Crippen MR) is 102 cm³/mol. The zero-order valence-electron chi connectivity index (χ0n) is 15.8. The van der Waals surface area contributed by atoms with E-state index in [1.165, 1.54) is 0 Å². The highest BCUT2D eigenvalue weighted by atomic mass is 16.2. The molecule has 0 bridgehead atoms. The molecule has 3 rings (SSSR count). The molecule has 1 saturated carbocycles. The number of hydrogen-bond donors (Lipinski definition) is 3. The van der Waals surface area contributed by atoms with E-state index in [-0.39, 0.29) is 36.1 Å². The number of benzene rings is 1. The van der Waals surface area contributed by atoms with Gasteiger partial charge in [-0.25, -0.2) is 0 Å². The SMILES string of the molecule is NC(=O)CNC(=O)c1ccc(CNC(=O)C2CCN(C(=O)C3CC3)CC2)cc1. The molecule has 28 heavy (non-hydrogen) atoms. The number of nitrogens with two attached hydrogens (primary N) is 1. The van der Waals surface area contributed by atoms with Crippen LogP contribution in [0.1, 0.15) is 41.6 Å². The Labute approximate surface area is 163 Å². The van der Waals surface area contributed by atoms with Crippen molar-refractivity contribution in [1.82, 2.24) is 15.5 Å². The minimum atomic E-state index is -0.601. The Morgan fingerprint density at radius 2 is 1.57 bits per heavy atom. The standard InChI is InChI=1S/C20H26N4O4/c21-17(25)12-23-18(26)14-3-1-13(2-4-14)11-22-19(27)15-7-9-24(10-8-15)20(28)16-5-6-16/h1-4,15-16H,5-12H2,(H2,21,25)(H,22,27)(H,23,26). The summed E-state index contributed by atoms with van der Waals surface area (Å²) in [5, 5.41) is 5.35. The fourth-order valence-corrected chi connectivity index (χ4v) is 3.33. The highest BCUT2D eigenvalue weighted by molar-refractivity contribution is 5.96. The summed E-state index contributed by atoms with van der Waals surface area (Å²) in [6.07, 6.45) is 3.40. The van der Waals surface area contributed by atoms with Crippen LogP contribution in [0.15, 0.2) is 24.3 Å². The maximum Gasteiger partial charge on any atom is 0.251 e. The Bertz CT molecular complexity index is 750. The molecule has 2 fully saturated rings. The molecule has 8 heteroatoms. The lowest BCUT2D eigenvalue weighted by atomic mass is 9.95. The summed E-state index contributed by atoms with van der Waals surface area (Å²) < 4.78 is 0. The van der Waals surface area contributed by atoms with E-state index in [2.05, 4.69) is 10.6 Å². The minimum absolute atomic E-state index is 0.00167. The summed E-state index contributed by atoms with van der Waals surface area (Å²) in [7, 11) is 0. The first-order valence-corrected chi connectivity index (χ1v) is 9.66. The molecule has 1 saturated heterocycles. The summed E-state index contributed by atoms with van der Waals surface area (Å²) in [5.41, 5.74) is 6.29. The van der Waals surface area contributed by atoms with Gasteiger partial charge in [-0.15, -0.1) is 0 Å². The largest absolute Gasteiger partial charge is 0.368 e. The third-order valence-corrected chi connectivity index (χ3v) is 5.21. The lowest BCUT2D eigenvalue weighted by molar-refractivity contribution is -0.136. The van der Waals surface area contributed by atoms with Gasteiger partial charge in [0, 0.05) is 37.0 Å². The molecular formula is C20H26N4O4. The van der Waals surface area contributed by atoms with Crippen molar-refractivity contribution in [3.63, 3.8) is 0 Å². The number of carbonyl (C=O) groups is 4. The Balaban J connectivity index is 1.41. The Kier molecular flexibility index (Phi) is 6.28. The molecule has 4 N–H and O–H groups in total. The van der Waals surface area contributed by atoms with Crippen LogP contribution in [-0.2, 0) is 20.9 Å². The van der Waals surface area contributed by atoms with Gasteiger partial charge in [-0.3, -0.25) is 19.2 Å². The zero-order chi connectivity index (χ0) is 20.1. The van der Waals surface area contributed by atoms with Crippen LogP contribution in [0.3, 0.4) is 0 Å². The van der Waals surface area contributed by atoms with Gasteiger partial charge < -0.3 is 21.3 Å². The normalized spacial score (nSPS) is 17.1. The number of likely N-dealkylation sites (tertiary alicyclic amines) is 1. The van der Waals surface area contributed by atoms with E-state index in [1.54, 1.807) is 24.3 Å². The van der Waals surface area contributed by atoms with Crippen molar-refractivity contribution in [2.75, 3.05) is 19.6 Å². The molecule has 4 amide bonds. The molecule has 150 valence electrons. The first kappa shape index (κ1) is 19.9. The number of amides is 4. The zero-order valence-corrected chi connectivity index (χ0v) is 15.8. The molecule has 0 spiro atoms. The molecule has 0 atom stereocenters. The van der Waals surface area contributed by atoms with E-state index in [4.69, 9.17) is 5.73 Å². The molecule has 1 aromatic rings. The van der Waals surface area contributed by atoms with Gasteiger partial charge in [-0.1, -0.05) is 12.1 Å². The average Bonchev–Trinajstić information content (AvgIpc) is 3.55. The minimum Gasteiger partial charge on any atom is -0.368 e. The summed E-state index contributed by atoms with van der Waals surface area (Å²) in [6.45, 7) is 1.48. The summed E-state index contributed by atoms with van der Waals surface area (Å²) in [6, 6.07) is 6.80. The van der Waals surface area contributed by atoms with Crippen LogP contribution in [0.25, 0.3) is 0 Å². The van der Waals surface area contributed by atoms with Gasteiger partial charge in [-0.05, 0) is 43.4 Å². The van der Waals surface area contributed by atoms with E-state index in [0.717, 1.165) is 18.4 Å². The Hall–Kier alpha value is -2.90. The number of piperidine rings is 1. The second-order valence-electron chi connectivity index (χ2n) is 7.44. The van der Waals surface area contributed by atoms with Crippen LogP contribution in [0.2, 0.25) is 0 Å². The van der Waals surface area contributed by atoms with Crippen molar-refractivity contribution in [3.05, 3.63) is 35.4 Å². The fourth-order valence-electron chi connectivity index (χ4n) is 3.33. The van der Waals surface area contributed by atoms with Crippen molar-refractivity contribution in [2.24, 2.45) is 17.6 Å². The lowest BCUT2D eigenvalue weighted by Gasteiger charge is -2.31. The van der Waals surface area contributed by atoms with Crippen LogP contribution >= 0.6 is 0 Å².